The zero-order valence-electron chi connectivity index (χ0n) is 19.4. The van der Waals surface area contributed by atoms with E-state index in [2.05, 4.69) is 20.8 Å². The number of hydrogen-bond acceptors (Lipinski definition) is 7. The first kappa shape index (κ1) is 24.9. The second-order valence-electron chi connectivity index (χ2n) is 7.69. The van der Waals surface area contributed by atoms with Crippen molar-refractivity contribution < 1.29 is 14.5 Å². The number of non-ortho nitro benzene ring substituents is 1. The molecule has 0 aliphatic rings. The van der Waals surface area contributed by atoms with Crippen LogP contribution in [-0.2, 0) is 11.3 Å². The Labute approximate surface area is 201 Å². The van der Waals surface area contributed by atoms with Gasteiger partial charge in [-0.2, -0.15) is 0 Å². The van der Waals surface area contributed by atoms with Gasteiger partial charge in [-0.15, -0.1) is 10.2 Å². The van der Waals surface area contributed by atoms with Gasteiger partial charge in [0, 0.05) is 24.2 Å². The van der Waals surface area contributed by atoms with Gasteiger partial charge in [0.1, 0.15) is 0 Å². The highest BCUT2D eigenvalue weighted by Gasteiger charge is 2.21. The van der Waals surface area contributed by atoms with Gasteiger partial charge in [0.15, 0.2) is 11.0 Å². The lowest BCUT2D eigenvalue weighted by Gasteiger charge is -2.16. The molecule has 0 aliphatic carbocycles. The normalized spacial score (nSPS) is 11.6. The lowest BCUT2D eigenvalue weighted by Crippen LogP contribution is -2.29. The van der Waals surface area contributed by atoms with Crippen LogP contribution < -0.4 is 10.6 Å². The topological polar surface area (TPSA) is 132 Å². The third-order valence-electron chi connectivity index (χ3n) is 5.22. The minimum atomic E-state index is -0.506. The number of nitrogens with zero attached hydrogens (tertiary/aromatic N) is 4. The molecule has 1 atom stereocenters. The second kappa shape index (κ2) is 10.9. The molecule has 178 valence electrons. The van der Waals surface area contributed by atoms with Crippen LogP contribution in [0.2, 0.25) is 0 Å². The Hall–Kier alpha value is -3.73. The molecule has 3 rings (SSSR count). The quantitative estimate of drug-likeness (QED) is 0.267. The van der Waals surface area contributed by atoms with E-state index >= 15 is 0 Å². The van der Waals surface area contributed by atoms with E-state index in [1.165, 1.54) is 23.9 Å². The molecule has 2 aromatic carbocycles. The van der Waals surface area contributed by atoms with Crippen LogP contribution in [0.25, 0.3) is 0 Å². The molecule has 34 heavy (non-hydrogen) atoms. The average Bonchev–Trinajstić information content (AvgIpc) is 3.22. The molecule has 1 heterocycles. The Bertz CT molecular complexity index is 1230. The van der Waals surface area contributed by atoms with E-state index < -0.39 is 11.0 Å². The maximum Gasteiger partial charge on any atom is 0.271 e. The maximum absolute atomic E-state index is 12.7. The Morgan fingerprint density at radius 2 is 1.88 bits per heavy atom. The van der Waals surface area contributed by atoms with E-state index in [1.807, 2.05) is 43.5 Å². The molecule has 0 fully saturated rings. The van der Waals surface area contributed by atoms with Crippen LogP contribution in [0.15, 0.2) is 47.6 Å². The first-order valence-electron chi connectivity index (χ1n) is 10.7. The van der Waals surface area contributed by atoms with Crippen LogP contribution >= 0.6 is 11.8 Å². The minimum Gasteiger partial charge on any atom is -0.342 e. The first-order chi connectivity index (χ1) is 16.2. The molecule has 0 radical (unpaired) electrons. The SMILES string of the molecule is CCn1c(SCC(=O)Nc2cc([N+](=O)[O-])ccc2C)nnc1[C@@H](C)NC(=O)c1ccccc1C. The monoisotopic (exact) mass is 482 g/mol. The number of benzene rings is 2. The summed E-state index contributed by atoms with van der Waals surface area (Å²) in [7, 11) is 0. The Morgan fingerprint density at radius 1 is 1.15 bits per heavy atom. The number of rotatable bonds is 9. The van der Waals surface area contributed by atoms with E-state index in [0.29, 0.717) is 28.8 Å². The predicted molar refractivity (Wildman–Crippen MR) is 130 cm³/mol. The number of carbonyl (C=O) groups is 2. The van der Waals surface area contributed by atoms with E-state index in [-0.39, 0.29) is 23.3 Å². The number of thioether (sulfide) groups is 1. The molecular formula is C23H26N6O4S. The van der Waals surface area contributed by atoms with Crippen molar-refractivity contribution in [2.75, 3.05) is 11.1 Å². The van der Waals surface area contributed by atoms with Crippen LogP contribution in [0.5, 0.6) is 0 Å². The largest absolute Gasteiger partial charge is 0.342 e. The van der Waals surface area contributed by atoms with Gasteiger partial charge < -0.3 is 15.2 Å². The van der Waals surface area contributed by atoms with Crippen molar-refractivity contribution in [3.63, 3.8) is 0 Å². The summed E-state index contributed by atoms with van der Waals surface area (Å²) in [5.74, 6) is 0.116. The smallest absolute Gasteiger partial charge is 0.271 e. The number of nitro groups is 1. The fourth-order valence-electron chi connectivity index (χ4n) is 3.37. The molecule has 0 saturated heterocycles. The number of nitro benzene ring substituents is 1. The van der Waals surface area contributed by atoms with Crippen LogP contribution in [0.1, 0.15) is 47.2 Å². The number of carbonyl (C=O) groups excluding carboxylic acids is 2. The highest BCUT2D eigenvalue weighted by Crippen LogP contribution is 2.24. The van der Waals surface area contributed by atoms with Gasteiger partial charge >= 0.3 is 0 Å². The third-order valence-corrected chi connectivity index (χ3v) is 6.19. The lowest BCUT2D eigenvalue weighted by atomic mass is 10.1. The summed E-state index contributed by atoms with van der Waals surface area (Å²) in [5.41, 5.74) is 2.50. The summed E-state index contributed by atoms with van der Waals surface area (Å²) in [6, 6.07) is 11.3. The van der Waals surface area contributed by atoms with Gasteiger partial charge in [-0.1, -0.05) is 36.0 Å². The number of aromatic nitrogens is 3. The summed E-state index contributed by atoms with van der Waals surface area (Å²) in [5, 5.41) is 25.6. The van der Waals surface area contributed by atoms with E-state index in [9.17, 15) is 19.7 Å². The molecule has 0 aliphatic heterocycles. The van der Waals surface area contributed by atoms with Crippen LogP contribution in [0, 0.1) is 24.0 Å². The second-order valence-corrected chi connectivity index (χ2v) is 8.63. The molecule has 0 spiro atoms. The van der Waals surface area contributed by atoms with Crippen molar-refractivity contribution in [2.24, 2.45) is 0 Å². The standard InChI is InChI=1S/C23H26N6O4S/c1-5-28-21(16(4)24-22(31)18-9-7-6-8-14(18)2)26-27-23(28)34-13-20(30)25-19-12-17(29(32)33)11-10-15(19)3/h6-12,16H,5,13H2,1-4H3,(H,24,31)(H,25,30)/t16-/m1/s1. The predicted octanol–water partition coefficient (Wildman–Crippen LogP) is 4.04. The van der Waals surface area contributed by atoms with Crippen molar-refractivity contribution in [3.8, 4) is 0 Å². The van der Waals surface area contributed by atoms with Crippen molar-refractivity contribution in [3.05, 3.63) is 75.1 Å². The Balaban J connectivity index is 1.66. The number of anilines is 1. The third kappa shape index (κ3) is 5.79. The Kier molecular flexibility index (Phi) is 8.00. The van der Waals surface area contributed by atoms with Gasteiger partial charge in [0.25, 0.3) is 11.6 Å². The summed E-state index contributed by atoms with van der Waals surface area (Å²) in [6.45, 7) is 7.96. The summed E-state index contributed by atoms with van der Waals surface area (Å²) in [4.78, 5) is 35.6. The number of amides is 2. The molecule has 0 bridgehead atoms. The van der Waals surface area contributed by atoms with Crippen molar-refractivity contribution in [1.29, 1.82) is 0 Å². The van der Waals surface area contributed by atoms with Gasteiger partial charge in [-0.05, 0) is 44.9 Å². The summed E-state index contributed by atoms with van der Waals surface area (Å²) in [6.07, 6.45) is 0. The molecule has 0 saturated carbocycles. The highest BCUT2D eigenvalue weighted by molar-refractivity contribution is 7.99. The number of hydrogen-bond donors (Lipinski definition) is 2. The molecule has 1 aromatic heterocycles. The lowest BCUT2D eigenvalue weighted by molar-refractivity contribution is -0.384. The van der Waals surface area contributed by atoms with Gasteiger partial charge in [-0.25, -0.2) is 0 Å². The summed E-state index contributed by atoms with van der Waals surface area (Å²) >= 11 is 1.20. The van der Waals surface area contributed by atoms with Gasteiger partial charge in [-0.3, -0.25) is 19.7 Å². The first-order valence-corrected chi connectivity index (χ1v) is 11.7. The van der Waals surface area contributed by atoms with Crippen molar-refractivity contribution >= 4 is 35.0 Å². The fourth-order valence-corrected chi connectivity index (χ4v) is 4.17. The fraction of sp³-hybridized carbons (Fsp3) is 0.304. The van der Waals surface area contributed by atoms with Crippen molar-refractivity contribution in [1.82, 2.24) is 20.1 Å². The average molecular weight is 483 g/mol. The van der Waals surface area contributed by atoms with Crippen LogP contribution in [0.4, 0.5) is 11.4 Å². The van der Waals surface area contributed by atoms with E-state index in [0.717, 1.165) is 11.1 Å². The van der Waals surface area contributed by atoms with Gasteiger partial charge in [0.05, 0.1) is 22.4 Å². The highest BCUT2D eigenvalue weighted by atomic mass is 32.2. The molecular weight excluding hydrogens is 456 g/mol. The van der Waals surface area contributed by atoms with Crippen LogP contribution in [-0.4, -0.2) is 37.3 Å². The zero-order chi connectivity index (χ0) is 24.8. The summed E-state index contributed by atoms with van der Waals surface area (Å²) < 4.78 is 1.85. The molecule has 0 unspecified atom stereocenters. The molecule has 11 heteroatoms. The molecule has 2 amide bonds. The Morgan fingerprint density at radius 3 is 2.56 bits per heavy atom. The number of aryl methyl sites for hydroxylation is 2. The molecule has 3 aromatic rings. The van der Waals surface area contributed by atoms with E-state index in [4.69, 9.17) is 0 Å². The van der Waals surface area contributed by atoms with Gasteiger partial charge in [0.2, 0.25) is 5.91 Å². The maximum atomic E-state index is 12.7. The number of nitrogens with one attached hydrogen (secondary N) is 2. The van der Waals surface area contributed by atoms with E-state index in [1.54, 1.807) is 19.1 Å². The zero-order valence-corrected chi connectivity index (χ0v) is 20.2. The van der Waals surface area contributed by atoms with Crippen molar-refractivity contribution in [2.45, 2.75) is 45.4 Å². The van der Waals surface area contributed by atoms with Crippen LogP contribution in [0.3, 0.4) is 0 Å². The minimum absolute atomic E-state index is 0.0458. The molecule has 2 N–H and O–H groups in total. The molecule has 10 nitrogen and oxygen atoms in total.